The molecule has 0 saturated heterocycles. The number of aromatic nitrogens is 2. The summed E-state index contributed by atoms with van der Waals surface area (Å²) in [7, 11) is 0. The molecule has 2 aromatic heterocycles. The molecule has 2 aliphatic rings. The standard InChI is InChI=1S/C48H32N2S/c1-4-13-31(14-5-1)33-17-12-20-36(27-33)50-41-22-11-10-21-37(41)38-29-39-44(30-43(38)50)49(35-18-8-3-9-19-35)42-24-26-46-48(47(39)42)40-28-34(23-25-45(40)51-46)32-15-6-2-7-16-32/h1-30,40,45H. The molecule has 1 aliphatic heterocycles. The molecule has 51 heavy (non-hydrogen) atoms. The van der Waals surface area contributed by atoms with Crippen LogP contribution in [0.15, 0.2) is 187 Å². The smallest absolute Gasteiger partial charge is 0.0562 e. The second kappa shape index (κ2) is 11.2. The van der Waals surface area contributed by atoms with Crippen molar-refractivity contribution < 1.29 is 0 Å². The SMILES string of the molecule is C1=CC2Sc3ccc4c(c3C2C=C1c1ccccc1)c1cc2c3ccccc3n(-c3cccc(-c5ccccc5)c3)c2cc1n4-c1ccccc1. The molecule has 3 heterocycles. The third-order valence-electron chi connectivity index (χ3n) is 10.8. The normalized spacial score (nSPS) is 16.6. The van der Waals surface area contributed by atoms with E-state index in [1.165, 1.54) is 82.0 Å². The fourth-order valence-corrected chi connectivity index (χ4v) is 9.91. The van der Waals surface area contributed by atoms with Crippen molar-refractivity contribution in [3.05, 3.63) is 193 Å². The zero-order valence-electron chi connectivity index (χ0n) is 27.8. The van der Waals surface area contributed by atoms with Crippen molar-refractivity contribution in [2.45, 2.75) is 16.1 Å². The molecule has 9 aromatic rings. The van der Waals surface area contributed by atoms with Crippen LogP contribution in [0.4, 0.5) is 0 Å². The Morgan fingerprint density at radius 1 is 0.451 bits per heavy atom. The highest BCUT2D eigenvalue weighted by Crippen LogP contribution is 2.54. The lowest BCUT2D eigenvalue weighted by molar-refractivity contribution is 0.894. The van der Waals surface area contributed by atoms with E-state index >= 15 is 0 Å². The molecule has 0 saturated carbocycles. The molecule has 2 atom stereocenters. The lowest BCUT2D eigenvalue weighted by Gasteiger charge is -2.20. The molecule has 0 radical (unpaired) electrons. The van der Waals surface area contributed by atoms with Gasteiger partial charge in [0.2, 0.25) is 0 Å². The summed E-state index contributed by atoms with van der Waals surface area (Å²) in [4.78, 5) is 1.39. The number of fused-ring (bicyclic) bond motifs is 10. The third-order valence-corrected chi connectivity index (χ3v) is 12.2. The summed E-state index contributed by atoms with van der Waals surface area (Å²) < 4.78 is 4.95. The van der Waals surface area contributed by atoms with Crippen molar-refractivity contribution in [1.82, 2.24) is 9.13 Å². The molecule has 2 unspecified atom stereocenters. The summed E-state index contributed by atoms with van der Waals surface area (Å²) in [6.07, 6.45) is 7.27. The van der Waals surface area contributed by atoms with Gasteiger partial charge in [-0.1, -0.05) is 127 Å². The van der Waals surface area contributed by atoms with Crippen molar-refractivity contribution >= 4 is 60.9 Å². The maximum absolute atomic E-state index is 2.52. The van der Waals surface area contributed by atoms with Crippen LogP contribution in [-0.4, -0.2) is 14.4 Å². The third kappa shape index (κ3) is 4.38. The fraction of sp³-hybridized carbons (Fsp3) is 0.0417. The molecule has 1 aliphatic carbocycles. The Morgan fingerprint density at radius 2 is 1.12 bits per heavy atom. The van der Waals surface area contributed by atoms with Gasteiger partial charge in [0.05, 0.1) is 22.1 Å². The molecule has 0 fully saturated rings. The number of hydrogen-bond acceptors (Lipinski definition) is 1. The van der Waals surface area contributed by atoms with Crippen LogP contribution in [0, 0.1) is 0 Å². The maximum atomic E-state index is 2.52. The summed E-state index contributed by atoms with van der Waals surface area (Å²) in [6, 6.07) is 59.9. The Bertz CT molecular complexity index is 2880. The zero-order valence-corrected chi connectivity index (χ0v) is 28.6. The highest BCUT2D eigenvalue weighted by Gasteiger charge is 2.35. The van der Waals surface area contributed by atoms with Crippen molar-refractivity contribution in [2.24, 2.45) is 0 Å². The number of rotatable bonds is 4. The Labute approximate surface area is 300 Å². The largest absolute Gasteiger partial charge is 0.309 e. The topological polar surface area (TPSA) is 9.86 Å². The Morgan fingerprint density at radius 3 is 1.94 bits per heavy atom. The van der Waals surface area contributed by atoms with Crippen LogP contribution >= 0.6 is 11.8 Å². The first-order valence-corrected chi connectivity index (χ1v) is 18.6. The van der Waals surface area contributed by atoms with Crippen molar-refractivity contribution in [2.75, 3.05) is 0 Å². The van der Waals surface area contributed by atoms with Crippen LogP contribution in [0.1, 0.15) is 17.0 Å². The van der Waals surface area contributed by atoms with Gasteiger partial charge >= 0.3 is 0 Å². The predicted octanol–water partition coefficient (Wildman–Crippen LogP) is 12.8. The van der Waals surface area contributed by atoms with Crippen molar-refractivity contribution in [1.29, 1.82) is 0 Å². The van der Waals surface area contributed by atoms with Crippen LogP contribution in [-0.2, 0) is 0 Å². The molecular weight excluding hydrogens is 637 g/mol. The molecule has 7 aromatic carbocycles. The van der Waals surface area contributed by atoms with E-state index in [0.29, 0.717) is 11.2 Å². The van der Waals surface area contributed by atoms with Gasteiger partial charge in [-0.15, -0.1) is 11.8 Å². The number of allylic oxidation sites excluding steroid dienone is 3. The van der Waals surface area contributed by atoms with Gasteiger partial charge in [-0.25, -0.2) is 0 Å². The lowest BCUT2D eigenvalue weighted by Crippen LogP contribution is -2.09. The molecule has 3 heteroatoms. The predicted molar refractivity (Wildman–Crippen MR) is 217 cm³/mol. The number of para-hydroxylation sites is 2. The quantitative estimate of drug-likeness (QED) is 0.181. The number of thioether (sulfide) groups is 1. The fourth-order valence-electron chi connectivity index (χ4n) is 8.59. The minimum absolute atomic E-state index is 0.293. The maximum Gasteiger partial charge on any atom is 0.0562 e. The monoisotopic (exact) mass is 668 g/mol. The Hall–Kier alpha value is -6.03. The Balaban J connectivity index is 1.22. The van der Waals surface area contributed by atoms with E-state index < -0.39 is 0 Å². The summed E-state index contributed by atoms with van der Waals surface area (Å²) >= 11 is 2.01. The molecule has 2 nitrogen and oxygen atoms in total. The minimum Gasteiger partial charge on any atom is -0.309 e. The number of benzene rings is 7. The first kappa shape index (κ1) is 28.8. The van der Waals surface area contributed by atoms with Crippen molar-refractivity contribution in [3.63, 3.8) is 0 Å². The van der Waals surface area contributed by atoms with Crippen LogP contribution < -0.4 is 0 Å². The lowest BCUT2D eigenvalue weighted by atomic mass is 9.85. The molecule has 11 rings (SSSR count). The number of nitrogens with zero attached hydrogens (tertiary/aromatic N) is 2. The summed E-state index contributed by atoms with van der Waals surface area (Å²) in [5, 5.41) is 5.61. The van der Waals surface area contributed by atoms with E-state index in [2.05, 4.69) is 191 Å². The Kier molecular flexibility index (Phi) is 6.34. The van der Waals surface area contributed by atoms with E-state index in [0.717, 1.165) is 5.69 Å². The van der Waals surface area contributed by atoms with Gasteiger partial charge in [-0.05, 0) is 82.4 Å². The van der Waals surface area contributed by atoms with Gasteiger partial charge in [0, 0.05) is 49.0 Å². The van der Waals surface area contributed by atoms with Crippen LogP contribution in [0.25, 0.3) is 71.7 Å². The molecule has 240 valence electrons. The van der Waals surface area contributed by atoms with Crippen LogP contribution in [0.3, 0.4) is 0 Å². The van der Waals surface area contributed by atoms with Gasteiger partial charge in [0.25, 0.3) is 0 Å². The molecule has 0 amide bonds. The molecule has 0 N–H and O–H groups in total. The van der Waals surface area contributed by atoms with Crippen LogP contribution in [0.2, 0.25) is 0 Å². The van der Waals surface area contributed by atoms with Crippen LogP contribution in [0.5, 0.6) is 0 Å². The minimum atomic E-state index is 0.293. The summed E-state index contributed by atoms with van der Waals surface area (Å²) in [5.41, 5.74) is 13.7. The average molecular weight is 669 g/mol. The first-order chi connectivity index (χ1) is 25.3. The zero-order chi connectivity index (χ0) is 33.5. The van der Waals surface area contributed by atoms with Crippen molar-refractivity contribution in [3.8, 4) is 22.5 Å². The molecule has 0 bridgehead atoms. The second-order valence-electron chi connectivity index (χ2n) is 13.7. The molecular formula is C48H32N2S. The summed E-state index contributed by atoms with van der Waals surface area (Å²) in [5.74, 6) is 0.293. The van der Waals surface area contributed by atoms with Gasteiger partial charge in [-0.2, -0.15) is 0 Å². The van der Waals surface area contributed by atoms with Gasteiger partial charge in [0.1, 0.15) is 0 Å². The second-order valence-corrected chi connectivity index (χ2v) is 14.9. The van der Waals surface area contributed by atoms with Gasteiger partial charge < -0.3 is 9.13 Å². The van der Waals surface area contributed by atoms with E-state index in [1.807, 2.05) is 11.8 Å². The van der Waals surface area contributed by atoms with E-state index in [-0.39, 0.29) is 0 Å². The number of hydrogen-bond donors (Lipinski definition) is 0. The van der Waals surface area contributed by atoms with E-state index in [4.69, 9.17) is 0 Å². The van der Waals surface area contributed by atoms with E-state index in [1.54, 1.807) is 0 Å². The van der Waals surface area contributed by atoms with Gasteiger partial charge in [0.15, 0.2) is 0 Å². The van der Waals surface area contributed by atoms with E-state index in [9.17, 15) is 0 Å². The van der Waals surface area contributed by atoms with Gasteiger partial charge in [-0.3, -0.25) is 0 Å². The molecule has 0 spiro atoms. The first-order valence-electron chi connectivity index (χ1n) is 17.7. The average Bonchev–Trinajstić information content (AvgIpc) is 3.85. The summed E-state index contributed by atoms with van der Waals surface area (Å²) in [6.45, 7) is 0. The highest BCUT2D eigenvalue weighted by molar-refractivity contribution is 8.00. The highest BCUT2D eigenvalue weighted by atomic mass is 32.2.